The fraction of sp³-hybridized carbons (Fsp3) is 1.00. The van der Waals surface area contributed by atoms with Crippen LogP contribution in [0.5, 0.6) is 0 Å². The summed E-state index contributed by atoms with van der Waals surface area (Å²) >= 11 is 0. The molecule has 1 saturated carbocycles. The maximum Gasteiger partial charge on any atom is 0.0738 e. The molecule has 0 aliphatic heterocycles. The first kappa shape index (κ1) is 12.1. The van der Waals surface area contributed by atoms with Gasteiger partial charge in [-0.15, -0.1) is 0 Å². The van der Waals surface area contributed by atoms with Crippen LogP contribution in [-0.2, 0) is 0 Å². The molecular formula is C13H25B. The molecule has 0 spiro atoms. The van der Waals surface area contributed by atoms with Gasteiger partial charge in [0.2, 0.25) is 0 Å². The van der Waals surface area contributed by atoms with E-state index in [4.69, 9.17) is 7.85 Å². The minimum Gasteiger partial charge on any atom is -0.0716 e. The van der Waals surface area contributed by atoms with Gasteiger partial charge in [-0.05, 0) is 18.3 Å². The molecule has 0 bridgehead atoms. The lowest BCUT2D eigenvalue weighted by Crippen LogP contribution is -2.14. The molecule has 0 heterocycles. The molecule has 0 aromatic heterocycles. The lowest BCUT2D eigenvalue weighted by atomic mass is 9.68. The van der Waals surface area contributed by atoms with E-state index in [2.05, 4.69) is 20.8 Å². The van der Waals surface area contributed by atoms with E-state index in [1.165, 1.54) is 44.9 Å². The van der Waals surface area contributed by atoms with Crippen LogP contribution in [0.15, 0.2) is 0 Å². The quantitative estimate of drug-likeness (QED) is 0.549. The first-order valence-corrected chi connectivity index (χ1v) is 6.26. The van der Waals surface area contributed by atoms with Gasteiger partial charge in [-0.3, -0.25) is 0 Å². The van der Waals surface area contributed by atoms with E-state index in [0.29, 0.717) is 0 Å². The number of hydrogen-bond donors (Lipinski definition) is 0. The van der Waals surface area contributed by atoms with Crippen LogP contribution in [0, 0.1) is 11.8 Å². The van der Waals surface area contributed by atoms with Gasteiger partial charge in [-0.2, -0.15) is 0 Å². The smallest absolute Gasteiger partial charge is 0.0716 e. The van der Waals surface area contributed by atoms with Crippen LogP contribution in [-0.4, -0.2) is 7.85 Å². The molecule has 80 valence electrons. The van der Waals surface area contributed by atoms with Crippen LogP contribution in [0.2, 0.25) is 5.31 Å². The number of rotatable bonds is 6. The Labute approximate surface area is 91.3 Å². The van der Waals surface area contributed by atoms with Crippen molar-refractivity contribution in [3.63, 3.8) is 0 Å². The van der Waals surface area contributed by atoms with Crippen LogP contribution >= 0.6 is 0 Å². The standard InChI is InChI=1S/C13H25B/c1-11(10-12-7-4-8-12)6-5-9-13(2,3)14/h11-12H,4-10H2,1-3H3. The van der Waals surface area contributed by atoms with Gasteiger partial charge in [0, 0.05) is 0 Å². The van der Waals surface area contributed by atoms with E-state index in [0.717, 1.165) is 11.8 Å². The molecule has 0 amide bonds. The van der Waals surface area contributed by atoms with Gasteiger partial charge in [-0.25, -0.2) is 0 Å². The van der Waals surface area contributed by atoms with Crippen molar-refractivity contribution in [1.29, 1.82) is 0 Å². The van der Waals surface area contributed by atoms with Gasteiger partial charge >= 0.3 is 0 Å². The third kappa shape index (κ3) is 5.07. The first-order valence-electron chi connectivity index (χ1n) is 6.26. The molecule has 0 saturated heterocycles. The molecule has 14 heavy (non-hydrogen) atoms. The van der Waals surface area contributed by atoms with E-state index in [1.54, 1.807) is 0 Å². The summed E-state index contributed by atoms with van der Waals surface area (Å²) < 4.78 is 0. The average Bonchev–Trinajstić information content (AvgIpc) is 1.94. The Balaban J connectivity index is 1.99. The van der Waals surface area contributed by atoms with Crippen LogP contribution in [0.1, 0.15) is 65.7 Å². The maximum atomic E-state index is 5.96. The molecule has 0 nitrogen and oxygen atoms in total. The second kappa shape index (κ2) is 5.23. The van der Waals surface area contributed by atoms with Gasteiger partial charge < -0.3 is 0 Å². The van der Waals surface area contributed by atoms with Crippen molar-refractivity contribution < 1.29 is 0 Å². The molecule has 0 aromatic carbocycles. The van der Waals surface area contributed by atoms with E-state index in [-0.39, 0.29) is 5.31 Å². The lowest BCUT2D eigenvalue weighted by Gasteiger charge is -2.28. The molecule has 1 aliphatic rings. The van der Waals surface area contributed by atoms with E-state index in [1.807, 2.05) is 0 Å². The van der Waals surface area contributed by atoms with Crippen LogP contribution in [0.3, 0.4) is 0 Å². The Morgan fingerprint density at radius 1 is 1.36 bits per heavy atom. The SMILES string of the molecule is [B]C(C)(C)CCCC(C)CC1CCC1. The molecule has 1 fully saturated rings. The fourth-order valence-corrected chi connectivity index (χ4v) is 2.32. The molecule has 0 N–H and O–H groups in total. The second-order valence-electron chi connectivity index (χ2n) is 6.02. The third-order valence-corrected chi connectivity index (χ3v) is 3.48. The molecule has 2 radical (unpaired) electrons. The van der Waals surface area contributed by atoms with Crippen molar-refractivity contribution in [2.45, 2.75) is 71.0 Å². The van der Waals surface area contributed by atoms with E-state index >= 15 is 0 Å². The summed E-state index contributed by atoms with van der Waals surface area (Å²) in [6.45, 7) is 6.66. The Bertz CT molecular complexity index is 153. The molecule has 1 heteroatoms. The highest BCUT2D eigenvalue weighted by atomic mass is 14.3. The van der Waals surface area contributed by atoms with Gasteiger partial charge in [0.1, 0.15) is 0 Å². The molecule has 1 atom stereocenters. The lowest BCUT2D eigenvalue weighted by molar-refractivity contribution is 0.247. The molecule has 1 aliphatic carbocycles. The molecular weight excluding hydrogens is 167 g/mol. The summed E-state index contributed by atoms with van der Waals surface area (Å²) in [5.74, 6) is 1.98. The predicted octanol–water partition coefficient (Wildman–Crippen LogP) is 4.35. The summed E-state index contributed by atoms with van der Waals surface area (Å²) in [6.07, 6.45) is 9.77. The van der Waals surface area contributed by atoms with Crippen molar-refractivity contribution in [2.24, 2.45) is 11.8 Å². The monoisotopic (exact) mass is 192 g/mol. The fourth-order valence-electron chi connectivity index (χ4n) is 2.32. The van der Waals surface area contributed by atoms with Gasteiger partial charge in [0.05, 0.1) is 7.85 Å². The van der Waals surface area contributed by atoms with Crippen molar-refractivity contribution >= 4 is 7.85 Å². The Hall–Kier alpha value is 0.0649. The summed E-state index contributed by atoms with van der Waals surface area (Å²) in [5, 5.41) is 0.0379. The Kier molecular flexibility index (Phi) is 4.54. The Morgan fingerprint density at radius 3 is 2.43 bits per heavy atom. The number of hydrogen-bond acceptors (Lipinski definition) is 0. The van der Waals surface area contributed by atoms with E-state index in [9.17, 15) is 0 Å². The summed E-state index contributed by atoms with van der Waals surface area (Å²) in [4.78, 5) is 0. The van der Waals surface area contributed by atoms with Crippen molar-refractivity contribution in [2.75, 3.05) is 0 Å². The summed E-state index contributed by atoms with van der Waals surface area (Å²) in [7, 11) is 5.96. The van der Waals surface area contributed by atoms with Crippen molar-refractivity contribution in [3.05, 3.63) is 0 Å². The molecule has 0 aromatic rings. The minimum absolute atomic E-state index is 0.0379. The van der Waals surface area contributed by atoms with Gasteiger partial charge in [0.25, 0.3) is 0 Å². The predicted molar refractivity (Wildman–Crippen MR) is 64.8 cm³/mol. The van der Waals surface area contributed by atoms with Crippen LogP contribution in [0.25, 0.3) is 0 Å². The minimum atomic E-state index is 0.0379. The zero-order chi connectivity index (χ0) is 10.6. The third-order valence-electron chi connectivity index (χ3n) is 3.48. The average molecular weight is 192 g/mol. The van der Waals surface area contributed by atoms with Gasteiger partial charge in [0.15, 0.2) is 0 Å². The summed E-state index contributed by atoms with van der Waals surface area (Å²) in [5.41, 5.74) is 0. The van der Waals surface area contributed by atoms with Crippen molar-refractivity contribution in [1.82, 2.24) is 0 Å². The zero-order valence-electron chi connectivity index (χ0n) is 10.2. The van der Waals surface area contributed by atoms with E-state index < -0.39 is 0 Å². The van der Waals surface area contributed by atoms with Crippen LogP contribution < -0.4 is 0 Å². The topological polar surface area (TPSA) is 0 Å². The highest BCUT2D eigenvalue weighted by Gasteiger charge is 2.20. The summed E-state index contributed by atoms with van der Waals surface area (Å²) in [6, 6.07) is 0. The molecule has 1 rings (SSSR count). The maximum absolute atomic E-state index is 5.96. The van der Waals surface area contributed by atoms with Crippen LogP contribution in [0.4, 0.5) is 0 Å². The largest absolute Gasteiger partial charge is 0.0738 e. The Morgan fingerprint density at radius 2 is 2.00 bits per heavy atom. The normalized spacial score (nSPS) is 20.5. The van der Waals surface area contributed by atoms with Crippen molar-refractivity contribution in [3.8, 4) is 0 Å². The van der Waals surface area contributed by atoms with Gasteiger partial charge in [-0.1, -0.05) is 64.6 Å². The zero-order valence-corrected chi connectivity index (χ0v) is 10.2. The molecule has 1 unspecified atom stereocenters. The highest BCUT2D eigenvalue weighted by Crippen LogP contribution is 2.34. The first-order chi connectivity index (χ1) is 6.47. The highest BCUT2D eigenvalue weighted by molar-refractivity contribution is 6.14. The second-order valence-corrected chi connectivity index (χ2v) is 6.02.